The second kappa shape index (κ2) is 51.3. The summed E-state index contributed by atoms with van der Waals surface area (Å²) >= 11 is 18.1. The van der Waals surface area contributed by atoms with Gasteiger partial charge in [0.15, 0.2) is 6.29 Å². The Morgan fingerprint density at radius 2 is 1.16 bits per heavy atom. The van der Waals surface area contributed by atoms with Crippen molar-refractivity contribution in [3.05, 3.63) is 50.3 Å². The number of alkyl halides is 3. The van der Waals surface area contributed by atoms with E-state index in [0.717, 1.165) is 96.3 Å². The molecule has 0 aromatic carbocycles. The molecule has 2 rings (SSSR count). The van der Waals surface area contributed by atoms with E-state index in [2.05, 4.69) is 45.8 Å². The van der Waals surface area contributed by atoms with Crippen molar-refractivity contribution in [3.63, 3.8) is 0 Å². The number of aliphatic hydroxyl groups excluding tert-OH is 1. The number of alkyl carbamates (subject to hydrolysis) is 1. The van der Waals surface area contributed by atoms with Crippen LogP contribution in [0.25, 0.3) is 0 Å². The Bertz CT molecular complexity index is 1900. The number of nitrogens with one attached hydrogen (secondary N) is 1. The summed E-state index contributed by atoms with van der Waals surface area (Å²) in [6, 6.07) is -1.41. The van der Waals surface area contributed by atoms with Crippen LogP contribution in [0, 0.1) is 0 Å². The minimum atomic E-state index is -4.52. The summed E-state index contributed by atoms with van der Waals surface area (Å²) in [5.74, 6) is 0. The fourth-order valence-electron chi connectivity index (χ4n) is 10.1. The molecule has 1 amide bonds. The monoisotopic (exact) mass is 1340 g/mol. The van der Waals surface area contributed by atoms with Crippen LogP contribution < -0.4 is 5.32 Å². The molecule has 20 nitrogen and oxygen atoms in total. The molecule has 514 valence electrons. The number of phosphoric ester groups is 1. The number of halogens is 3. The zero-order valence-electron chi connectivity index (χ0n) is 54.9. The van der Waals surface area contributed by atoms with Crippen LogP contribution >= 0.6 is 42.6 Å². The van der Waals surface area contributed by atoms with Gasteiger partial charge in [0.2, 0.25) is 10.1 Å². The van der Waals surface area contributed by atoms with Crippen molar-refractivity contribution in [1.82, 2.24) is 5.32 Å². The Morgan fingerprint density at radius 3 is 1.69 bits per heavy atom. The van der Waals surface area contributed by atoms with Crippen LogP contribution in [0.1, 0.15) is 196 Å². The molecule has 2 saturated heterocycles. The fourth-order valence-corrected chi connectivity index (χ4v) is 11.6. The van der Waals surface area contributed by atoms with E-state index in [9.17, 15) is 20.6 Å². The van der Waals surface area contributed by atoms with E-state index >= 15 is 0 Å². The van der Waals surface area contributed by atoms with Gasteiger partial charge in [0.25, 0.3) is 0 Å². The van der Waals surface area contributed by atoms with E-state index in [1.165, 1.54) is 70.1 Å². The molecular formula is C64H113Cl3NO19P. The fraction of sp³-hybridized carbons (Fsp3) is 0.844. The number of amides is 1. The predicted octanol–water partition coefficient (Wildman–Crippen LogP) is 15.5. The van der Waals surface area contributed by atoms with Crippen LogP contribution in [0.3, 0.4) is 0 Å². The summed E-state index contributed by atoms with van der Waals surface area (Å²) in [6.45, 7) is 16.4. The number of aliphatic hydroxyl groups is 1. The van der Waals surface area contributed by atoms with Gasteiger partial charge in [0.1, 0.15) is 68.1 Å². The third-order valence-electron chi connectivity index (χ3n) is 14.8. The normalized spacial score (nSPS) is 23.6. The highest BCUT2D eigenvalue weighted by molar-refractivity contribution is 7.48. The molecule has 2 aliphatic heterocycles. The summed E-state index contributed by atoms with van der Waals surface area (Å²) in [7, 11) is -1.47. The Hall–Kier alpha value is -2.08. The maximum atomic E-state index is 14.5. The lowest BCUT2D eigenvalue weighted by Crippen LogP contribution is -2.67. The van der Waals surface area contributed by atoms with E-state index < -0.39 is 111 Å². The first kappa shape index (κ1) is 80.2. The van der Waals surface area contributed by atoms with E-state index in [1.54, 1.807) is 20.1 Å². The van der Waals surface area contributed by atoms with E-state index in [0.29, 0.717) is 25.7 Å². The summed E-state index contributed by atoms with van der Waals surface area (Å²) < 4.78 is 113. The minimum Gasteiger partial charge on any atom is -0.470 e. The molecule has 13 atom stereocenters. The van der Waals surface area contributed by atoms with Crippen molar-refractivity contribution in [1.29, 1.82) is 0 Å². The van der Waals surface area contributed by atoms with Crippen LogP contribution in [0.5, 0.6) is 0 Å². The van der Waals surface area contributed by atoms with Crippen molar-refractivity contribution >= 4 is 54.9 Å². The van der Waals surface area contributed by atoms with Crippen molar-refractivity contribution in [2.75, 3.05) is 73.7 Å². The highest BCUT2D eigenvalue weighted by Gasteiger charge is 2.54. The largest absolute Gasteiger partial charge is 0.508 e. The van der Waals surface area contributed by atoms with Gasteiger partial charge in [-0.3, -0.25) is 13.6 Å². The summed E-state index contributed by atoms with van der Waals surface area (Å²) in [5.41, 5.74) is 0. The molecule has 0 radical (unpaired) electrons. The smallest absolute Gasteiger partial charge is 0.470 e. The first-order valence-corrected chi connectivity index (χ1v) is 35.0. The van der Waals surface area contributed by atoms with Crippen molar-refractivity contribution in [3.8, 4) is 0 Å². The van der Waals surface area contributed by atoms with Gasteiger partial charge in [-0.25, -0.2) is 14.2 Å². The van der Waals surface area contributed by atoms with E-state index in [4.69, 9.17) is 105 Å². The zero-order chi connectivity index (χ0) is 65.6. The summed E-state index contributed by atoms with van der Waals surface area (Å²) in [4.78, 5) is 26.7. The maximum Gasteiger partial charge on any atom is 0.508 e. The van der Waals surface area contributed by atoms with Crippen LogP contribution in [0.2, 0.25) is 0 Å². The van der Waals surface area contributed by atoms with E-state index in [-0.39, 0.29) is 52.2 Å². The molecule has 0 saturated carbocycles. The Morgan fingerprint density at radius 1 is 0.636 bits per heavy atom. The maximum absolute atomic E-state index is 14.5. The van der Waals surface area contributed by atoms with Crippen LogP contribution in [0.4, 0.5) is 9.59 Å². The molecule has 0 aromatic rings. The van der Waals surface area contributed by atoms with Gasteiger partial charge in [-0.1, -0.05) is 215 Å². The topological polar surface area (TPSA) is 222 Å². The molecule has 0 aromatic heterocycles. The molecule has 24 heteroatoms. The molecule has 0 aliphatic carbocycles. The van der Waals surface area contributed by atoms with Crippen molar-refractivity contribution in [2.24, 2.45) is 0 Å². The predicted molar refractivity (Wildman–Crippen MR) is 344 cm³/mol. The zero-order valence-corrected chi connectivity index (χ0v) is 57.1. The SMILES string of the molecule is [2H]C(CCCCCCCCC)O[C@H]1[C@H](O)[C@@H](CO[C@@H]2O[C@H](COC)[C@@H](OP(=O)(OCC=C)OCC=C)[C@H](OCC[C@@H](CCCCCCC)OC)[C@H]2NC(=O)OCC(Cl)(Cl)Cl)OC(O/C=C/C)[C@@H]1OCC[C@@H](CCCCCCCCCCC)OC(=O)OCC=C. The van der Waals surface area contributed by atoms with Gasteiger partial charge in [0.05, 0.1) is 46.8 Å². The number of hydrogen-bond donors (Lipinski definition) is 2. The van der Waals surface area contributed by atoms with Crippen molar-refractivity contribution < 1.29 is 91.0 Å². The summed E-state index contributed by atoms with van der Waals surface area (Å²) in [6.07, 6.45) is 17.5. The summed E-state index contributed by atoms with van der Waals surface area (Å²) in [5, 5.41) is 15.3. The van der Waals surface area contributed by atoms with Crippen LogP contribution in [0.15, 0.2) is 50.3 Å². The Balaban J connectivity index is 2.68. The number of methoxy groups -OCH3 is 2. The molecular weight excluding hydrogens is 1220 g/mol. The number of unbranched alkanes of at least 4 members (excludes halogenated alkanes) is 18. The standard InChI is InChI=1S/C64H113Cl3NO19P/c1-10-17-20-23-25-27-28-31-34-37-51(84-63(71)79-41-14-5)39-46-77-59-58(75-44-35-32-29-26-24-21-18-11-2)55(69)52(85-61(59)78-40-13-4)48-80-60-54(68-62(70)81-49-64(65,66)67)57(76-45-38-50(74-9)36-33-30-22-19-12-3)56(53(86-60)47-73-8)87-88(72,82-42-15-6)83-43-16-7/h13-16,40,50-61,69H,5-7,10-12,17-39,41-49H2,1-4,8-9H3,(H,68,70)/b40-13+/t50-,51-,52-,53-,54-,55-,56-,57-,58+,59-,60-,61?/m1/s1/i44D/t44?,50-,51-,52-,53-,54-,55-,56-,57-,58+,59-,60-,61?. The van der Waals surface area contributed by atoms with E-state index in [1.807, 2.05) is 0 Å². The first-order chi connectivity index (χ1) is 43.0. The van der Waals surface area contributed by atoms with Gasteiger partial charge in [-0.15, -0.1) is 13.2 Å². The molecule has 0 spiro atoms. The average molecular weight is 1340 g/mol. The number of hydrogen-bond acceptors (Lipinski definition) is 19. The molecule has 2 N–H and O–H groups in total. The lowest BCUT2D eigenvalue weighted by atomic mass is 9.96. The quantitative estimate of drug-likeness (QED) is 0.0144. The molecule has 2 unspecified atom stereocenters. The molecule has 2 fully saturated rings. The van der Waals surface area contributed by atoms with Crippen LogP contribution in [-0.4, -0.2) is 168 Å². The number of carbonyl (C=O) groups is 2. The first-order valence-electron chi connectivity index (χ1n) is 33.0. The minimum absolute atomic E-state index is 0.00611. The molecule has 88 heavy (non-hydrogen) atoms. The highest BCUT2D eigenvalue weighted by Crippen LogP contribution is 2.52. The van der Waals surface area contributed by atoms with Crippen LogP contribution in [-0.2, 0) is 75.0 Å². The number of ether oxygens (including phenoxy) is 12. The van der Waals surface area contributed by atoms with Crippen molar-refractivity contribution in [2.45, 2.75) is 272 Å². The lowest BCUT2D eigenvalue weighted by Gasteiger charge is -2.47. The van der Waals surface area contributed by atoms with Gasteiger partial charge in [-0.05, 0) is 39.0 Å². The van der Waals surface area contributed by atoms with Gasteiger partial charge in [-0.2, -0.15) is 0 Å². The number of phosphoric acid groups is 1. The van der Waals surface area contributed by atoms with Gasteiger partial charge in [0, 0.05) is 33.8 Å². The number of rotatable bonds is 55. The third kappa shape index (κ3) is 36.4. The second-order valence-corrected chi connectivity index (χ2v) is 26.3. The lowest BCUT2D eigenvalue weighted by molar-refractivity contribution is -0.323. The van der Waals surface area contributed by atoms with Gasteiger partial charge < -0.3 is 67.3 Å². The van der Waals surface area contributed by atoms with Gasteiger partial charge >= 0.3 is 20.1 Å². The highest BCUT2D eigenvalue weighted by atomic mass is 35.6. The number of allylic oxidation sites excluding steroid dienone is 1. The Labute approximate surface area is 544 Å². The molecule has 0 bridgehead atoms. The second-order valence-electron chi connectivity index (χ2n) is 22.2. The Kier molecular flexibility index (Phi) is 46.8. The molecule has 2 heterocycles. The number of carbonyl (C=O) groups excluding carboxylic acids is 2. The molecule has 2 aliphatic rings. The third-order valence-corrected chi connectivity index (χ3v) is 16.6. The average Bonchev–Trinajstić information content (AvgIpc) is 1.06.